The van der Waals surface area contributed by atoms with Crippen LogP contribution in [0.3, 0.4) is 0 Å². The third kappa shape index (κ3) is 3.98. The Hall–Kier alpha value is -0.920. The van der Waals surface area contributed by atoms with Crippen LogP contribution in [0.4, 0.5) is 0 Å². The molecule has 1 aliphatic rings. The van der Waals surface area contributed by atoms with E-state index in [2.05, 4.69) is 38.8 Å². The van der Waals surface area contributed by atoms with Crippen molar-refractivity contribution in [3.05, 3.63) is 12.2 Å². The predicted octanol–water partition coefficient (Wildman–Crippen LogP) is 3.03. The van der Waals surface area contributed by atoms with E-state index >= 15 is 0 Å². The highest BCUT2D eigenvalue weighted by atomic mass is 16.1. The quantitative estimate of drug-likeness (QED) is 0.699. The fraction of sp³-hybridized carbons (Fsp3) is 0.692. The van der Waals surface area contributed by atoms with Gasteiger partial charge in [-0.1, -0.05) is 33.8 Å². The Bertz CT molecular complexity index is 294. The largest absolute Gasteiger partial charge is 0.292 e. The average Bonchev–Trinajstić information content (AvgIpc) is 2.15. The van der Waals surface area contributed by atoms with E-state index < -0.39 is 0 Å². The zero-order valence-corrected chi connectivity index (χ0v) is 10.2. The molecule has 1 rings (SSSR count). The highest BCUT2D eigenvalue weighted by molar-refractivity contribution is 6.44. The number of carbonyl (C=O) groups is 1. The maximum Gasteiger partial charge on any atom is 0.181 e. The number of hydrogen-bond acceptors (Lipinski definition) is 2. The van der Waals surface area contributed by atoms with Gasteiger partial charge in [-0.05, 0) is 23.8 Å². The highest BCUT2D eigenvalue weighted by Gasteiger charge is 2.20. The van der Waals surface area contributed by atoms with E-state index in [-0.39, 0.29) is 11.2 Å². The van der Waals surface area contributed by atoms with Crippen molar-refractivity contribution >= 4 is 11.5 Å². The molecule has 84 valence electrons. The van der Waals surface area contributed by atoms with Crippen molar-refractivity contribution < 1.29 is 4.79 Å². The second kappa shape index (κ2) is 4.73. The zero-order chi connectivity index (χ0) is 11.5. The van der Waals surface area contributed by atoms with Crippen LogP contribution in [0.15, 0.2) is 17.1 Å². The maximum absolute atomic E-state index is 11.8. The molecule has 1 aliphatic heterocycles. The number of nitrogens with zero attached hydrogens (tertiary/aromatic N) is 1. The number of hydrogen-bond donors (Lipinski definition) is 0. The van der Waals surface area contributed by atoms with Crippen LogP contribution in [-0.2, 0) is 4.79 Å². The Morgan fingerprint density at radius 2 is 2.20 bits per heavy atom. The fourth-order valence-corrected chi connectivity index (χ4v) is 1.57. The van der Waals surface area contributed by atoms with Crippen LogP contribution in [0.2, 0.25) is 0 Å². The lowest BCUT2D eigenvalue weighted by Crippen LogP contribution is -2.22. The molecule has 2 heteroatoms. The van der Waals surface area contributed by atoms with Gasteiger partial charge in [0.1, 0.15) is 5.71 Å². The molecular weight excluding hydrogens is 186 g/mol. The molecule has 2 nitrogen and oxygen atoms in total. The van der Waals surface area contributed by atoms with Crippen LogP contribution in [0.25, 0.3) is 0 Å². The summed E-state index contributed by atoms with van der Waals surface area (Å²) in [4.78, 5) is 16.2. The van der Waals surface area contributed by atoms with E-state index in [4.69, 9.17) is 0 Å². The van der Waals surface area contributed by atoms with E-state index in [1.165, 1.54) is 0 Å². The predicted molar refractivity (Wildman–Crippen MR) is 64.3 cm³/mol. The van der Waals surface area contributed by atoms with Crippen molar-refractivity contribution in [3.63, 3.8) is 0 Å². The summed E-state index contributed by atoms with van der Waals surface area (Å²) in [6, 6.07) is 0. The summed E-state index contributed by atoms with van der Waals surface area (Å²) in [7, 11) is 0. The third-order valence-corrected chi connectivity index (χ3v) is 2.52. The van der Waals surface area contributed by atoms with Gasteiger partial charge in [0.25, 0.3) is 0 Å². The monoisotopic (exact) mass is 207 g/mol. The van der Waals surface area contributed by atoms with Gasteiger partial charge >= 0.3 is 0 Å². The molecule has 0 aromatic carbocycles. The molecule has 1 unspecified atom stereocenters. The number of dihydropyridines is 1. The molecule has 0 amide bonds. The maximum atomic E-state index is 11.8. The number of rotatable bonds is 3. The third-order valence-electron chi connectivity index (χ3n) is 2.52. The van der Waals surface area contributed by atoms with Gasteiger partial charge in [0.15, 0.2) is 5.78 Å². The Morgan fingerprint density at radius 1 is 1.53 bits per heavy atom. The SMILES string of the molecule is CCC1C=CC(C(=O)CC(C)(C)C)=NC1. The van der Waals surface area contributed by atoms with Gasteiger partial charge in [-0.15, -0.1) is 0 Å². The number of aliphatic imine (C=N–C) groups is 1. The lowest BCUT2D eigenvalue weighted by atomic mass is 9.88. The average molecular weight is 207 g/mol. The summed E-state index contributed by atoms with van der Waals surface area (Å²) >= 11 is 0. The van der Waals surface area contributed by atoms with Gasteiger partial charge in [-0.3, -0.25) is 9.79 Å². The number of ketones is 1. The summed E-state index contributed by atoms with van der Waals surface area (Å²) in [5.74, 6) is 0.699. The standard InChI is InChI=1S/C13H21NO/c1-5-10-6-7-11(14-9-10)12(15)8-13(2,3)4/h6-7,10H,5,8-9H2,1-4H3. The highest BCUT2D eigenvalue weighted by Crippen LogP contribution is 2.20. The summed E-state index contributed by atoms with van der Waals surface area (Å²) in [6.07, 6.45) is 5.68. The van der Waals surface area contributed by atoms with E-state index in [0.717, 1.165) is 13.0 Å². The Morgan fingerprint density at radius 3 is 2.60 bits per heavy atom. The lowest BCUT2D eigenvalue weighted by molar-refractivity contribution is -0.114. The van der Waals surface area contributed by atoms with Crippen LogP contribution in [0, 0.1) is 11.3 Å². The van der Waals surface area contributed by atoms with Crippen molar-refractivity contribution in [2.24, 2.45) is 16.3 Å². The normalized spacial score (nSPS) is 21.3. The number of Topliss-reactive ketones (excluding diaryl/α,β-unsaturated/α-hetero) is 1. The van der Waals surface area contributed by atoms with Gasteiger partial charge in [0.2, 0.25) is 0 Å². The molecule has 0 aromatic rings. The fourth-order valence-electron chi connectivity index (χ4n) is 1.57. The van der Waals surface area contributed by atoms with Crippen LogP contribution in [0.5, 0.6) is 0 Å². The molecule has 0 aromatic heterocycles. The van der Waals surface area contributed by atoms with Crippen LogP contribution >= 0.6 is 0 Å². The Labute approximate surface area is 92.5 Å². The second-order valence-electron chi connectivity index (χ2n) is 5.41. The van der Waals surface area contributed by atoms with Gasteiger partial charge in [-0.2, -0.15) is 0 Å². The molecular formula is C13H21NO. The van der Waals surface area contributed by atoms with Gasteiger partial charge in [0, 0.05) is 13.0 Å². The zero-order valence-electron chi connectivity index (χ0n) is 10.2. The molecule has 0 saturated heterocycles. The Kier molecular flexibility index (Phi) is 3.83. The van der Waals surface area contributed by atoms with Crippen molar-refractivity contribution in [1.29, 1.82) is 0 Å². The van der Waals surface area contributed by atoms with E-state index in [9.17, 15) is 4.79 Å². The molecule has 0 saturated carbocycles. The number of allylic oxidation sites excluding steroid dienone is 1. The summed E-state index contributed by atoms with van der Waals surface area (Å²) < 4.78 is 0. The summed E-state index contributed by atoms with van der Waals surface area (Å²) in [6.45, 7) is 9.15. The van der Waals surface area contributed by atoms with Gasteiger partial charge < -0.3 is 0 Å². The molecule has 0 N–H and O–H groups in total. The van der Waals surface area contributed by atoms with Crippen molar-refractivity contribution in [2.45, 2.75) is 40.5 Å². The first-order chi connectivity index (χ1) is 6.92. The van der Waals surface area contributed by atoms with Crippen molar-refractivity contribution in [1.82, 2.24) is 0 Å². The van der Waals surface area contributed by atoms with Crippen molar-refractivity contribution in [3.8, 4) is 0 Å². The first kappa shape index (κ1) is 12.2. The Balaban J connectivity index is 2.57. The summed E-state index contributed by atoms with van der Waals surface area (Å²) in [5, 5.41) is 0. The molecule has 0 radical (unpaired) electrons. The molecule has 1 atom stereocenters. The smallest absolute Gasteiger partial charge is 0.181 e. The molecule has 15 heavy (non-hydrogen) atoms. The van der Waals surface area contributed by atoms with Crippen LogP contribution in [0.1, 0.15) is 40.5 Å². The molecule has 0 bridgehead atoms. The minimum absolute atomic E-state index is 0.0506. The lowest BCUT2D eigenvalue weighted by Gasteiger charge is -2.18. The van der Waals surface area contributed by atoms with E-state index in [0.29, 0.717) is 18.1 Å². The van der Waals surface area contributed by atoms with Gasteiger partial charge in [-0.25, -0.2) is 0 Å². The topological polar surface area (TPSA) is 29.4 Å². The minimum atomic E-state index is 0.0506. The van der Waals surface area contributed by atoms with E-state index in [1.54, 1.807) is 0 Å². The molecule has 0 fully saturated rings. The van der Waals surface area contributed by atoms with Gasteiger partial charge in [0.05, 0.1) is 0 Å². The summed E-state index contributed by atoms with van der Waals surface area (Å²) in [5.41, 5.74) is 0.712. The minimum Gasteiger partial charge on any atom is -0.292 e. The van der Waals surface area contributed by atoms with E-state index in [1.807, 2.05) is 6.08 Å². The number of carbonyl (C=O) groups excluding carboxylic acids is 1. The first-order valence-corrected chi connectivity index (χ1v) is 5.68. The van der Waals surface area contributed by atoms with Crippen molar-refractivity contribution in [2.75, 3.05) is 6.54 Å². The second-order valence-corrected chi connectivity index (χ2v) is 5.41. The molecule has 0 spiro atoms. The van der Waals surface area contributed by atoms with Crippen LogP contribution < -0.4 is 0 Å². The molecule has 0 aliphatic carbocycles. The molecule has 1 heterocycles. The van der Waals surface area contributed by atoms with Crippen LogP contribution in [-0.4, -0.2) is 18.0 Å². The first-order valence-electron chi connectivity index (χ1n) is 5.68.